The number of anilines is 4. The summed E-state index contributed by atoms with van der Waals surface area (Å²) in [4.78, 5) is 0. The Bertz CT molecular complexity index is 1740. The largest absolute Gasteiger partial charge is 0.356 e. The molecule has 0 saturated heterocycles. The summed E-state index contributed by atoms with van der Waals surface area (Å²) in [7, 11) is 0. The Balaban J connectivity index is 0.943. The molecule has 2 nitrogen and oxygen atoms in total. The molecule has 190 valence electrons. The van der Waals surface area contributed by atoms with E-state index in [-0.39, 0.29) is 0 Å². The van der Waals surface area contributed by atoms with Gasteiger partial charge < -0.3 is 10.6 Å². The average molecular weight is 513 g/mol. The van der Waals surface area contributed by atoms with E-state index in [0.717, 1.165) is 35.6 Å². The molecule has 0 aliphatic heterocycles. The number of benzene rings is 6. The highest BCUT2D eigenvalue weighted by Crippen LogP contribution is 2.39. The lowest BCUT2D eigenvalue weighted by molar-refractivity contribution is 1.26. The molecule has 6 aromatic carbocycles. The smallest absolute Gasteiger partial charge is 0.0387 e. The fourth-order valence-corrected chi connectivity index (χ4v) is 6.27. The summed E-state index contributed by atoms with van der Waals surface area (Å²) in [6.45, 7) is 0. The monoisotopic (exact) mass is 512 g/mol. The normalized spacial score (nSPS) is 12.3. The van der Waals surface area contributed by atoms with Gasteiger partial charge in [0, 0.05) is 22.7 Å². The van der Waals surface area contributed by atoms with E-state index >= 15 is 0 Å². The van der Waals surface area contributed by atoms with Crippen LogP contribution in [-0.2, 0) is 12.8 Å². The molecule has 2 aliphatic carbocycles. The van der Waals surface area contributed by atoms with Gasteiger partial charge >= 0.3 is 0 Å². The molecule has 2 N–H and O–H groups in total. The van der Waals surface area contributed by atoms with E-state index in [1.54, 1.807) is 0 Å². The lowest BCUT2D eigenvalue weighted by Gasteiger charge is -2.11. The van der Waals surface area contributed by atoms with Gasteiger partial charge in [0.05, 0.1) is 0 Å². The first-order chi connectivity index (χ1) is 19.8. The molecule has 0 atom stereocenters. The molecule has 0 fully saturated rings. The third-order valence-corrected chi connectivity index (χ3v) is 8.27. The summed E-state index contributed by atoms with van der Waals surface area (Å²) in [6.07, 6.45) is 2.01. The minimum absolute atomic E-state index is 1.01. The van der Waals surface area contributed by atoms with E-state index in [9.17, 15) is 0 Å². The van der Waals surface area contributed by atoms with Crippen molar-refractivity contribution in [3.8, 4) is 33.4 Å². The number of rotatable bonds is 5. The number of fused-ring (bicyclic) bond motifs is 6. The molecule has 0 aromatic heterocycles. The highest BCUT2D eigenvalue weighted by Gasteiger charge is 2.19. The molecule has 0 amide bonds. The second-order valence-corrected chi connectivity index (χ2v) is 10.8. The predicted octanol–water partition coefficient (Wildman–Crippen LogP) is 9.98. The van der Waals surface area contributed by atoms with Crippen molar-refractivity contribution in [3.63, 3.8) is 0 Å². The van der Waals surface area contributed by atoms with E-state index < -0.39 is 0 Å². The molecular formula is C38H28N2. The van der Waals surface area contributed by atoms with Crippen molar-refractivity contribution in [3.05, 3.63) is 156 Å². The molecular weight excluding hydrogens is 484 g/mol. The third kappa shape index (κ3) is 4.06. The van der Waals surface area contributed by atoms with E-state index in [4.69, 9.17) is 0 Å². The summed E-state index contributed by atoms with van der Waals surface area (Å²) in [5.74, 6) is 0. The molecule has 6 aromatic rings. The van der Waals surface area contributed by atoms with Gasteiger partial charge in [0.15, 0.2) is 0 Å². The van der Waals surface area contributed by atoms with Crippen LogP contribution in [0.15, 0.2) is 133 Å². The Kier molecular flexibility index (Phi) is 5.31. The highest BCUT2D eigenvalue weighted by atomic mass is 14.9. The lowest BCUT2D eigenvalue weighted by atomic mass is 10.0. The lowest BCUT2D eigenvalue weighted by Crippen LogP contribution is -1.93. The van der Waals surface area contributed by atoms with Gasteiger partial charge in [-0.2, -0.15) is 0 Å². The second kappa shape index (κ2) is 9.29. The second-order valence-electron chi connectivity index (χ2n) is 10.8. The van der Waals surface area contributed by atoms with Crippen molar-refractivity contribution in [1.29, 1.82) is 0 Å². The van der Waals surface area contributed by atoms with E-state index in [2.05, 4.69) is 144 Å². The standard InChI is InChI=1S/C38H28N2/c1-3-7-35-27(5-1)21-29-23-33(17-19-37(29)35)39-31-13-9-25(10-14-31)26-11-15-32(16-12-26)40-34-18-20-38-30(24-34)22-28-6-2-4-8-36(28)38/h1-20,23-24,39-40H,21-22H2. The maximum Gasteiger partial charge on any atom is 0.0387 e. The fourth-order valence-electron chi connectivity index (χ4n) is 6.27. The van der Waals surface area contributed by atoms with Crippen molar-refractivity contribution in [1.82, 2.24) is 0 Å². The molecule has 2 heteroatoms. The molecule has 40 heavy (non-hydrogen) atoms. The van der Waals surface area contributed by atoms with Gasteiger partial charge in [-0.15, -0.1) is 0 Å². The van der Waals surface area contributed by atoms with Crippen molar-refractivity contribution < 1.29 is 0 Å². The van der Waals surface area contributed by atoms with Gasteiger partial charge in [-0.25, -0.2) is 0 Å². The Hall–Kier alpha value is -5.08. The Morgan fingerprint density at radius 1 is 0.325 bits per heavy atom. The average Bonchev–Trinajstić information content (AvgIpc) is 3.55. The number of hydrogen-bond donors (Lipinski definition) is 2. The van der Waals surface area contributed by atoms with Crippen molar-refractivity contribution >= 4 is 22.7 Å². The van der Waals surface area contributed by atoms with Crippen LogP contribution < -0.4 is 10.6 Å². The zero-order valence-corrected chi connectivity index (χ0v) is 22.1. The Morgan fingerprint density at radius 2 is 0.700 bits per heavy atom. The topological polar surface area (TPSA) is 24.1 Å². The third-order valence-electron chi connectivity index (χ3n) is 8.27. The van der Waals surface area contributed by atoms with Crippen LogP contribution in [0.4, 0.5) is 22.7 Å². The van der Waals surface area contributed by atoms with E-state index in [0.29, 0.717) is 0 Å². The van der Waals surface area contributed by atoms with Crippen LogP contribution in [0.3, 0.4) is 0 Å². The summed E-state index contributed by atoms with van der Waals surface area (Å²) < 4.78 is 0. The fraction of sp³-hybridized carbons (Fsp3) is 0.0526. The van der Waals surface area contributed by atoms with Gasteiger partial charge in [-0.05, 0) is 117 Å². The highest BCUT2D eigenvalue weighted by molar-refractivity contribution is 5.81. The maximum absolute atomic E-state index is 3.59. The van der Waals surface area contributed by atoms with E-state index in [1.165, 1.54) is 55.6 Å². The molecule has 8 rings (SSSR count). The van der Waals surface area contributed by atoms with E-state index in [1.807, 2.05) is 0 Å². The van der Waals surface area contributed by atoms with Crippen LogP contribution in [0.5, 0.6) is 0 Å². The summed E-state index contributed by atoms with van der Waals surface area (Å²) in [5, 5.41) is 7.18. The first kappa shape index (κ1) is 22.9. The zero-order chi connectivity index (χ0) is 26.5. The van der Waals surface area contributed by atoms with Crippen LogP contribution in [0, 0.1) is 0 Å². The quantitative estimate of drug-likeness (QED) is 0.240. The maximum atomic E-state index is 3.59. The summed E-state index contributed by atoms with van der Waals surface area (Å²) in [5.41, 5.74) is 17.9. The Morgan fingerprint density at radius 3 is 1.15 bits per heavy atom. The molecule has 2 aliphatic rings. The molecule has 0 radical (unpaired) electrons. The van der Waals surface area contributed by atoms with Crippen molar-refractivity contribution in [2.24, 2.45) is 0 Å². The molecule has 0 saturated carbocycles. The first-order valence-corrected chi connectivity index (χ1v) is 13.9. The van der Waals surface area contributed by atoms with Gasteiger partial charge in [0.1, 0.15) is 0 Å². The predicted molar refractivity (Wildman–Crippen MR) is 168 cm³/mol. The van der Waals surface area contributed by atoms with Crippen LogP contribution in [0.1, 0.15) is 22.3 Å². The molecule has 0 bridgehead atoms. The minimum Gasteiger partial charge on any atom is -0.356 e. The van der Waals surface area contributed by atoms with Gasteiger partial charge in [0.2, 0.25) is 0 Å². The number of nitrogens with one attached hydrogen (secondary N) is 2. The van der Waals surface area contributed by atoms with Gasteiger partial charge in [0.25, 0.3) is 0 Å². The summed E-state index contributed by atoms with van der Waals surface area (Å²) in [6, 6.07) is 48.2. The minimum atomic E-state index is 1.01. The first-order valence-electron chi connectivity index (χ1n) is 13.9. The number of hydrogen-bond acceptors (Lipinski definition) is 2. The van der Waals surface area contributed by atoms with Crippen LogP contribution in [0.25, 0.3) is 33.4 Å². The van der Waals surface area contributed by atoms with Gasteiger partial charge in [-0.3, -0.25) is 0 Å². The van der Waals surface area contributed by atoms with Crippen LogP contribution in [-0.4, -0.2) is 0 Å². The van der Waals surface area contributed by atoms with Crippen LogP contribution >= 0.6 is 0 Å². The summed E-state index contributed by atoms with van der Waals surface area (Å²) >= 11 is 0. The molecule has 0 heterocycles. The van der Waals surface area contributed by atoms with Gasteiger partial charge in [-0.1, -0.05) is 84.9 Å². The zero-order valence-electron chi connectivity index (χ0n) is 22.1. The molecule has 0 spiro atoms. The molecule has 0 unspecified atom stereocenters. The van der Waals surface area contributed by atoms with Crippen LogP contribution in [0.2, 0.25) is 0 Å². The Labute approximate surface area is 235 Å². The SMILES string of the molecule is c1ccc2c(c1)Cc1cc(Nc3ccc(-c4ccc(Nc5ccc6c(c5)Cc5ccccc5-6)cc4)cc3)ccc1-2. The van der Waals surface area contributed by atoms with Crippen molar-refractivity contribution in [2.45, 2.75) is 12.8 Å². The van der Waals surface area contributed by atoms with Crippen molar-refractivity contribution in [2.75, 3.05) is 10.6 Å².